The van der Waals surface area contributed by atoms with Gasteiger partial charge in [0.25, 0.3) is 0 Å². The number of imidazole rings is 1. The lowest BCUT2D eigenvalue weighted by Crippen LogP contribution is -2.21. The van der Waals surface area contributed by atoms with Crippen molar-refractivity contribution in [1.82, 2.24) is 19.6 Å². The van der Waals surface area contributed by atoms with Crippen LogP contribution in [0.1, 0.15) is 32.2 Å². The first-order chi connectivity index (χ1) is 13.6. The van der Waals surface area contributed by atoms with Crippen LogP contribution in [0.15, 0.2) is 53.1 Å². The number of anilines is 1. The number of rotatable bonds is 5. The molecule has 0 atom stereocenters. The van der Waals surface area contributed by atoms with Crippen LogP contribution in [0.25, 0.3) is 11.4 Å². The molecule has 0 unspecified atom stereocenters. The third-order valence-corrected chi connectivity index (χ3v) is 4.91. The van der Waals surface area contributed by atoms with Gasteiger partial charge in [-0.2, -0.15) is 5.10 Å². The van der Waals surface area contributed by atoms with E-state index < -0.39 is 0 Å². The standard InChI is InChI=1S/C21H23N7/c1-5-27(6-2)16-7-8-17(14(3)11-16)25-20-15(4)26-28-19(13-24-21(20)28)18-12-22-9-10-23-18/h7-13H,5-6H2,1-4H3. The number of nitrogens with zero attached hydrogens (tertiary/aromatic N) is 7. The summed E-state index contributed by atoms with van der Waals surface area (Å²) in [7, 11) is 0. The molecule has 7 heteroatoms. The van der Waals surface area contributed by atoms with Gasteiger partial charge in [-0.05, 0) is 51.5 Å². The lowest BCUT2D eigenvalue weighted by atomic mass is 10.1. The molecule has 28 heavy (non-hydrogen) atoms. The topological polar surface area (TPSA) is 71.6 Å². The average molecular weight is 373 g/mol. The molecule has 0 radical (unpaired) electrons. The van der Waals surface area contributed by atoms with Crippen LogP contribution in [0.5, 0.6) is 0 Å². The highest BCUT2D eigenvalue weighted by Crippen LogP contribution is 2.28. The lowest BCUT2D eigenvalue weighted by molar-refractivity contribution is 0.865. The smallest absolute Gasteiger partial charge is 0.182 e. The van der Waals surface area contributed by atoms with Crippen LogP contribution >= 0.6 is 0 Å². The molecule has 0 spiro atoms. The fourth-order valence-corrected chi connectivity index (χ4v) is 3.38. The minimum absolute atomic E-state index is 0.727. The van der Waals surface area contributed by atoms with E-state index in [9.17, 15) is 0 Å². The molecule has 7 nitrogen and oxygen atoms in total. The Balaban J connectivity index is 1.72. The molecule has 3 aromatic rings. The van der Waals surface area contributed by atoms with Crippen molar-refractivity contribution in [1.29, 1.82) is 0 Å². The molecule has 0 bridgehead atoms. The molecular formula is C21H23N7. The zero-order valence-electron chi connectivity index (χ0n) is 16.6. The van der Waals surface area contributed by atoms with E-state index in [0.29, 0.717) is 0 Å². The van der Waals surface area contributed by atoms with Crippen molar-refractivity contribution >= 4 is 22.8 Å². The molecule has 0 fully saturated rings. The molecule has 1 aliphatic rings. The monoisotopic (exact) mass is 373 g/mol. The second-order valence-electron chi connectivity index (χ2n) is 6.66. The normalized spacial score (nSPS) is 14.3. The van der Waals surface area contributed by atoms with Crippen molar-refractivity contribution in [2.24, 2.45) is 10.1 Å². The predicted molar refractivity (Wildman–Crippen MR) is 113 cm³/mol. The van der Waals surface area contributed by atoms with Crippen LogP contribution in [0, 0.1) is 6.92 Å². The van der Waals surface area contributed by atoms with E-state index in [4.69, 9.17) is 4.99 Å². The summed E-state index contributed by atoms with van der Waals surface area (Å²) < 4.78 is 1.79. The summed E-state index contributed by atoms with van der Waals surface area (Å²) in [5.41, 5.74) is 6.44. The van der Waals surface area contributed by atoms with E-state index in [2.05, 4.69) is 63.9 Å². The van der Waals surface area contributed by atoms with Gasteiger partial charge >= 0.3 is 0 Å². The molecule has 4 rings (SSSR count). The van der Waals surface area contributed by atoms with E-state index in [1.807, 2.05) is 6.92 Å². The van der Waals surface area contributed by atoms with Crippen molar-refractivity contribution < 1.29 is 0 Å². The van der Waals surface area contributed by atoms with Gasteiger partial charge in [-0.25, -0.2) is 14.7 Å². The van der Waals surface area contributed by atoms with Crippen molar-refractivity contribution in [3.05, 3.63) is 54.4 Å². The summed E-state index contributed by atoms with van der Waals surface area (Å²) >= 11 is 0. The fraction of sp³-hybridized carbons (Fsp3) is 0.286. The van der Waals surface area contributed by atoms with Crippen LogP contribution in [0.4, 0.5) is 11.4 Å². The second kappa shape index (κ2) is 7.34. The van der Waals surface area contributed by atoms with E-state index in [0.717, 1.165) is 53.0 Å². The van der Waals surface area contributed by atoms with Crippen molar-refractivity contribution in [2.75, 3.05) is 18.0 Å². The maximum Gasteiger partial charge on any atom is 0.182 e. The number of hydrogen-bond acceptors (Lipinski definition) is 6. The molecular weight excluding hydrogens is 350 g/mol. The average Bonchev–Trinajstić information content (AvgIpc) is 3.24. The first-order valence-corrected chi connectivity index (χ1v) is 9.47. The number of benzene rings is 1. The molecule has 1 aromatic carbocycles. The number of aromatic nitrogens is 4. The van der Waals surface area contributed by atoms with Crippen LogP contribution in [0.2, 0.25) is 0 Å². The number of fused-ring (bicyclic) bond motifs is 1. The summed E-state index contributed by atoms with van der Waals surface area (Å²) in [6.45, 7) is 10.3. The number of aliphatic imine (C=N–C) groups is 1. The number of aryl methyl sites for hydroxylation is 1. The molecule has 0 saturated carbocycles. The Hall–Kier alpha value is -3.35. The fourth-order valence-electron chi connectivity index (χ4n) is 3.38. The molecule has 2 aromatic heterocycles. The highest BCUT2D eigenvalue weighted by molar-refractivity contribution is 6.48. The van der Waals surface area contributed by atoms with Gasteiger partial charge in [-0.15, -0.1) is 0 Å². The Kier molecular flexibility index (Phi) is 4.73. The van der Waals surface area contributed by atoms with Crippen molar-refractivity contribution in [2.45, 2.75) is 27.7 Å². The Morgan fingerprint density at radius 3 is 2.54 bits per heavy atom. The van der Waals surface area contributed by atoms with Crippen molar-refractivity contribution in [3.8, 4) is 11.4 Å². The largest absolute Gasteiger partial charge is 0.372 e. The third kappa shape index (κ3) is 3.09. The molecule has 0 saturated heterocycles. The summed E-state index contributed by atoms with van der Waals surface area (Å²) in [4.78, 5) is 20.2. The van der Waals surface area contributed by atoms with Gasteiger partial charge in [-0.1, -0.05) is 0 Å². The summed E-state index contributed by atoms with van der Waals surface area (Å²) in [5, 5.41) is 4.63. The maximum absolute atomic E-state index is 4.89. The van der Waals surface area contributed by atoms with E-state index in [1.54, 1.807) is 29.5 Å². The van der Waals surface area contributed by atoms with E-state index in [1.165, 1.54) is 5.69 Å². The van der Waals surface area contributed by atoms with Crippen LogP contribution in [-0.4, -0.2) is 44.1 Å². The minimum atomic E-state index is 0.727. The molecule has 0 amide bonds. The molecule has 3 heterocycles. The van der Waals surface area contributed by atoms with Gasteiger partial charge in [0.1, 0.15) is 17.1 Å². The Bertz CT molecular complexity index is 1060. The minimum Gasteiger partial charge on any atom is -0.372 e. The zero-order valence-corrected chi connectivity index (χ0v) is 16.6. The lowest BCUT2D eigenvalue weighted by Gasteiger charge is -2.21. The first-order valence-electron chi connectivity index (χ1n) is 9.47. The van der Waals surface area contributed by atoms with E-state index in [-0.39, 0.29) is 0 Å². The highest BCUT2D eigenvalue weighted by Gasteiger charge is 2.25. The molecule has 0 aliphatic carbocycles. The van der Waals surface area contributed by atoms with Crippen LogP contribution in [-0.2, 0) is 0 Å². The predicted octanol–water partition coefficient (Wildman–Crippen LogP) is 3.85. The maximum atomic E-state index is 4.89. The molecule has 0 N–H and O–H groups in total. The molecule has 1 aliphatic heterocycles. The van der Waals surface area contributed by atoms with Gasteiger partial charge in [0.2, 0.25) is 0 Å². The third-order valence-electron chi connectivity index (χ3n) is 4.91. The van der Waals surface area contributed by atoms with Gasteiger partial charge in [0.15, 0.2) is 5.82 Å². The van der Waals surface area contributed by atoms with Gasteiger partial charge in [0.05, 0.1) is 23.8 Å². The highest BCUT2D eigenvalue weighted by atomic mass is 15.4. The van der Waals surface area contributed by atoms with Crippen LogP contribution in [0.3, 0.4) is 0 Å². The zero-order chi connectivity index (χ0) is 19.7. The Morgan fingerprint density at radius 1 is 1.04 bits per heavy atom. The number of hydrogen-bond donors (Lipinski definition) is 0. The SMILES string of the molecule is CCN(CC)c1ccc(N=C2C(C)=Nn3c(-c4cnccn4)cnc32)c(C)c1. The van der Waals surface area contributed by atoms with Gasteiger partial charge < -0.3 is 4.90 Å². The Labute approximate surface area is 164 Å². The Morgan fingerprint density at radius 2 is 1.86 bits per heavy atom. The quantitative estimate of drug-likeness (QED) is 0.681. The van der Waals surface area contributed by atoms with Crippen LogP contribution < -0.4 is 4.90 Å². The van der Waals surface area contributed by atoms with Crippen molar-refractivity contribution in [3.63, 3.8) is 0 Å². The summed E-state index contributed by atoms with van der Waals surface area (Å²) in [5.74, 6) is 0.727. The second-order valence-corrected chi connectivity index (χ2v) is 6.66. The molecule has 142 valence electrons. The first kappa shape index (κ1) is 18.0. The van der Waals surface area contributed by atoms with Gasteiger partial charge in [-0.3, -0.25) is 9.97 Å². The summed E-state index contributed by atoms with van der Waals surface area (Å²) in [6, 6.07) is 6.38. The van der Waals surface area contributed by atoms with Gasteiger partial charge in [0, 0.05) is 31.2 Å². The summed E-state index contributed by atoms with van der Waals surface area (Å²) in [6.07, 6.45) is 6.79. The van der Waals surface area contributed by atoms with E-state index >= 15 is 0 Å².